The fraction of sp³-hybridized carbons (Fsp3) is 0.316. The van der Waals surface area contributed by atoms with E-state index in [1.807, 2.05) is 43.0 Å². The molecule has 0 aliphatic heterocycles. The fourth-order valence-electron chi connectivity index (χ4n) is 2.94. The van der Waals surface area contributed by atoms with Gasteiger partial charge in [0.15, 0.2) is 10.9 Å². The van der Waals surface area contributed by atoms with Crippen LogP contribution in [0.5, 0.6) is 5.75 Å². The first-order valence-electron chi connectivity index (χ1n) is 8.54. The molecule has 3 rings (SSSR count). The van der Waals surface area contributed by atoms with Crippen LogP contribution in [0, 0.1) is 20.8 Å². The molecule has 0 atom stereocenters. The second-order valence-corrected chi connectivity index (χ2v) is 7.24. The Balaban J connectivity index is 1.79. The maximum atomic E-state index is 12.7. The molecular weight excluding hydrogens is 386 g/mol. The number of hydrogen-bond donors (Lipinski definition) is 0. The third kappa shape index (κ3) is 4.09. The second kappa shape index (κ2) is 8.14. The molecular formula is C19H20F2N4O2S. The molecule has 0 amide bonds. The number of aryl methyl sites for hydroxylation is 2. The molecule has 0 unspecified atom stereocenters. The monoisotopic (exact) mass is 406 g/mol. The highest BCUT2D eigenvalue weighted by Crippen LogP contribution is 2.25. The van der Waals surface area contributed by atoms with Gasteiger partial charge in [-0.3, -0.25) is 4.79 Å². The Labute approximate surface area is 165 Å². The van der Waals surface area contributed by atoms with Gasteiger partial charge in [-0.15, -0.1) is 10.2 Å². The van der Waals surface area contributed by atoms with Crippen molar-refractivity contribution in [1.82, 2.24) is 19.3 Å². The lowest BCUT2D eigenvalue weighted by molar-refractivity contribution is -0.0498. The van der Waals surface area contributed by atoms with E-state index in [0.717, 1.165) is 22.9 Å². The minimum atomic E-state index is -2.86. The number of aromatic nitrogens is 4. The third-order valence-electron chi connectivity index (χ3n) is 4.44. The number of benzene rings is 1. The van der Waals surface area contributed by atoms with E-state index in [2.05, 4.69) is 14.9 Å². The molecule has 3 aromatic rings. The summed E-state index contributed by atoms with van der Waals surface area (Å²) in [6, 6.07) is 8.16. The molecule has 0 saturated heterocycles. The van der Waals surface area contributed by atoms with E-state index >= 15 is 0 Å². The molecule has 0 saturated carbocycles. The summed E-state index contributed by atoms with van der Waals surface area (Å²) in [6.07, 6.45) is 0. The van der Waals surface area contributed by atoms with E-state index in [0.29, 0.717) is 10.7 Å². The van der Waals surface area contributed by atoms with Gasteiger partial charge < -0.3 is 13.9 Å². The van der Waals surface area contributed by atoms with Crippen molar-refractivity contribution in [2.24, 2.45) is 7.05 Å². The zero-order valence-corrected chi connectivity index (χ0v) is 16.8. The number of thioether (sulfide) groups is 1. The second-order valence-electron chi connectivity index (χ2n) is 6.29. The highest BCUT2D eigenvalue weighted by molar-refractivity contribution is 7.99. The van der Waals surface area contributed by atoms with Crippen LogP contribution in [0.15, 0.2) is 35.5 Å². The largest absolute Gasteiger partial charge is 0.435 e. The number of carbonyl (C=O) groups excluding carboxylic acids is 1. The van der Waals surface area contributed by atoms with Crippen LogP contribution in [-0.4, -0.2) is 37.5 Å². The summed E-state index contributed by atoms with van der Waals surface area (Å²) < 4.78 is 32.8. The summed E-state index contributed by atoms with van der Waals surface area (Å²) in [5, 5.41) is 8.73. The lowest BCUT2D eigenvalue weighted by Crippen LogP contribution is -2.07. The van der Waals surface area contributed by atoms with Gasteiger partial charge in [-0.1, -0.05) is 11.8 Å². The molecule has 2 aromatic heterocycles. The summed E-state index contributed by atoms with van der Waals surface area (Å²) in [6.45, 7) is 2.75. The van der Waals surface area contributed by atoms with Gasteiger partial charge in [0.1, 0.15) is 11.6 Å². The average Bonchev–Trinajstić information content (AvgIpc) is 3.12. The maximum absolute atomic E-state index is 12.7. The van der Waals surface area contributed by atoms with Crippen molar-refractivity contribution >= 4 is 17.5 Å². The van der Waals surface area contributed by atoms with Crippen LogP contribution in [0.2, 0.25) is 0 Å². The van der Waals surface area contributed by atoms with Gasteiger partial charge in [0.25, 0.3) is 0 Å². The summed E-state index contributed by atoms with van der Waals surface area (Å²) in [4.78, 5) is 12.7. The van der Waals surface area contributed by atoms with Gasteiger partial charge in [-0.05, 0) is 51.1 Å². The number of alkyl halides is 2. The van der Waals surface area contributed by atoms with Gasteiger partial charge in [-0.2, -0.15) is 8.78 Å². The van der Waals surface area contributed by atoms with Crippen LogP contribution >= 0.6 is 11.8 Å². The molecule has 9 heteroatoms. The Bertz CT molecular complexity index is 996. The predicted octanol–water partition coefficient (Wildman–Crippen LogP) is 4.11. The van der Waals surface area contributed by atoms with Crippen LogP contribution in [0.1, 0.15) is 27.6 Å². The zero-order valence-electron chi connectivity index (χ0n) is 15.9. The van der Waals surface area contributed by atoms with Gasteiger partial charge in [0.05, 0.1) is 5.75 Å². The van der Waals surface area contributed by atoms with Crippen molar-refractivity contribution in [3.8, 4) is 11.4 Å². The predicted molar refractivity (Wildman–Crippen MR) is 103 cm³/mol. The number of hydrogen-bond acceptors (Lipinski definition) is 5. The molecule has 148 valence electrons. The Morgan fingerprint density at radius 3 is 2.43 bits per heavy atom. The van der Waals surface area contributed by atoms with E-state index in [-0.39, 0.29) is 17.3 Å². The van der Waals surface area contributed by atoms with Gasteiger partial charge in [0, 0.05) is 29.7 Å². The van der Waals surface area contributed by atoms with Crippen molar-refractivity contribution in [2.75, 3.05) is 5.75 Å². The molecule has 28 heavy (non-hydrogen) atoms. The quantitative estimate of drug-likeness (QED) is 0.437. The zero-order chi connectivity index (χ0) is 20.4. The number of Topliss-reactive ketones (excluding diaryl/α,β-unsaturated/α-hetero) is 1. The Hall–Kier alpha value is -2.68. The van der Waals surface area contributed by atoms with Crippen molar-refractivity contribution in [2.45, 2.75) is 32.5 Å². The molecule has 0 aliphatic rings. The topological polar surface area (TPSA) is 61.9 Å². The highest BCUT2D eigenvalue weighted by Gasteiger charge is 2.18. The minimum absolute atomic E-state index is 0.0114. The number of halogens is 2. The average molecular weight is 406 g/mol. The normalized spacial score (nSPS) is 11.2. The molecule has 6 nitrogen and oxygen atoms in total. The molecule has 0 aliphatic carbocycles. The standard InChI is InChI=1S/C19H20F2N4O2S/c1-11-9-16(17(26)10-28-19-23-22-13(3)24(19)4)12(2)25(11)14-5-7-15(8-6-14)27-18(20)21/h5-9,18H,10H2,1-4H3. The van der Waals surface area contributed by atoms with Crippen molar-refractivity contribution in [3.63, 3.8) is 0 Å². The maximum Gasteiger partial charge on any atom is 0.387 e. The van der Waals surface area contributed by atoms with E-state index < -0.39 is 6.61 Å². The smallest absolute Gasteiger partial charge is 0.387 e. The van der Waals surface area contributed by atoms with Crippen molar-refractivity contribution < 1.29 is 18.3 Å². The molecule has 0 spiro atoms. The molecule has 1 aromatic carbocycles. The number of rotatable bonds is 7. The Morgan fingerprint density at radius 2 is 1.86 bits per heavy atom. The number of ether oxygens (including phenoxy) is 1. The van der Waals surface area contributed by atoms with Gasteiger partial charge >= 0.3 is 6.61 Å². The fourth-order valence-corrected chi connectivity index (χ4v) is 3.78. The first-order chi connectivity index (χ1) is 13.3. The molecule has 2 heterocycles. The van der Waals surface area contributed by atoms with Crippen LogP contribution < -0.4 is 4.74 Å². The first kappa shape index (κ1) is 20.1. The van der Waals surface area contributed by atoms with Crippen LogP contribution in [0.3, 0.4) is 0 Å². The third-order valence-corrected chi connectivity index (χ3v) is 5.46. The van der Waals surface area contributed by atoms with E-state index in [4.69, 9.17) is 0 Å². The lowest BCUT2D eigenvalue weighted by Gasteiger charge is -2.11. The summed E-state index contributed by atoms with van der Waals surface area (Å²) in [7, 11) is 1.86. The van der Waals surface area contributed by atoms with Crippen LogP contribution in [0.4, 0.5) is 8.78 Å². The Morgan fingerprint density at radius 1 is 1.18 bits per heavy atom. The van der Waals surface area contributed by atoms with Gasteiger partial charge in [-0.25, -0.2) is 0 Å². The first-order valence-corrected chi connectivity index (χ1v) is 9.52. The van der Waals surface area contributed by atoms with Gasteiger partial charge in [0.2, 0.25) is 0 Å². The molecule has 0 radical (unpaired) electrons. The molecule has 0 N–H and O–H groups in total. The number of ketones is 1. The summed E-state index contributed by atoms with van der Waals surface area (Å²) in [5.41, 5.74) is 3.06. The van der Waals surface area contributed by atoms with Crippen LogP contribution in [-0.2, 0) is 7.05 Å². The highest BCUT2D eigenvalue weighted by atomic mass is 32.2. The van der Waals surface area contributed by atoms with E-state index in [1.54, 1.807) is 12.1 Å². The minimum Gasteiger partial charge on any atom is -0.435 e. The molecule has 0 fully saturated rings. The van der Waals surface area contributed by atoms with Crippen LogP contribution in [0.25, 0.3) is 5.69 Å². The SMILES string of the molecule is Cc1nnc(SCC(=O)c2cc(C)n(-c3ccc(OC(F)F)cc3)c2C)n1C. The number of nitrogens with zero attached hydrogens (tertiary/aromatic N) is 4. The Kier molecular flexibility index (Phi) is 5.83. The van der Waals surface area contributed by atoms with E-state index in [1.165, 1.54) is 23.9 Å². The summed E-state index contributed by atoms with van der Waals surface area (Å²) >= 11 is 1.34. The van der Waals surface area contributed by atoms with E-state index in [9.17, 15) is 13.6 Å². The molecule has 0 bridgehead atoms. The van der Waals surface area contributed by atoms with Crippen molar-refractivity contribution in [1.29, 1.82) is 0 Å². The van der Waals surface area contributed by atoms with Crippen molar-refractivity contribution in [3.05, 3.63) is 53.1 Å². The lowest BCUT2D eigenvalue weighted by atomic mass is 10.2. The summed E-state index contributed by atoms with van der Waals surface area (Å²) in [5.74, 6) is 1.11. The number of carbonyl (C=O) groups is 1.